The Kier molecular flexibility index (Phi) is 4.89. The van der Waals surface area contributed by atoms with Crippen LogP contribution in [0, 0.1) is 24.3 Å². The summed E-state index contributed by atoms with van der Waals surface area (Å²) in [6.45, 7) is -0.911. The summed E-state index contributed by atoms with van der Waals surface area (Å²) < 4.78 is 62.1. The topological polar surface area (TPSA) is 34.1 Å². The van der Waals surface area contributed by atoms with Crippen LogP contribution in [0.25, 0.3) is 0 Å². The first kappa shape index (κ1) is 17.1. The standard InChI is InChI=1S/C10H11BClF3IO2S/c1-5-8(4-19(12,17)18)6(2)10(16)7(3)9(5)11(13,14)15/h4H2,1-3H3/q-1. The summed E-state index contributed by atoms with van der Waals surface area (Å²) in [6.07, 6.45) is 0. The molecule has 0 fully saturated rings. The fraction of sp³-hybridized carbons (Fsp3) is 0.400. The van der Waals surface area contributed by atoms with Gasteiger partial charge in [-0.25, -0.2) is 8.42 Å². The third kappa shape index (κ3) is 3.78. The van der Waals surface area contributed by atoms with Crippen LogP contribution in [0.4, 0.5) is 12.9 Å². The average Bonchev–Trinajstić information content (AvgIpc) is 2.18. The van der Waals surface area contributed by atoms with E-state index in [0.717, 1.165) is 0 Å². The van der Waals surface area contributed by atoms with Gasteiger partial charge in [0.25, 0.3) is 0 Å². The molecule has 1 aromatic rings. The molecule has 0 aliphatic rings. The summed E-state index contributed by atoms with van der Waals surface area (Å²) in [5.41, 5.74) is 0.0408. The first-order valence-electron chi connectivity index (χ1n) is 5.26. The van der Waals surface area contributed by atoms with Crippen LogP contribution in [0.5, 0.6) is 0 Å². The second-order valence-corrected chi connectivity index (χ2v) is 8.19. The molecule has 0 aliphatic heterocycles. The number of benzene rings is 1. The van der Waals surface area contributed by atoms with Crippen molar-refractivity contribution in [2.45, 2.75) is 26.5 Å². The molecule has 0 bridgehead atoms. The molecule has 9 heteroatoms. The maximum Gasteiger partial charge on any atom is 0.510 e. The van der Waals surface area contributed by atoms with E-state index in [1.165, 1.54) is 13.8 Å². The molecule has 108 valence electrons. The zero-order valence-electron chi connectivity index (χ0n) is 10.4. The molecule has 0 saturated carbocycles. The maximum atomic E-state index is 13.1. The van der Waals surface area contributed by atoms with E-state index >= 15 is 0 Å². The highest BCUT2D eigenvalue weighted by molar-refractivity contribution is 14.1. The van der Waals surface area contributed by atoms with Crippen LogP contribution in [-0.2, 0) is 14.8 Å². The normalized spacial score (nSPS) is 12.8. The van der Waals surface area contributed by atoms with Crippen molar-refractivity contribution in [3.05, 3.63) is 25.8 Å². The Balaban J connectivity index is 3.72. The average molecular weight is 425 g/mol. The molecule has 19 heavy (non-hydrogen) atoms. The summed E-state index contributed by atoms with van der Waals surface area (Å²) in [5.74, 6) is -0.596. The molecule has 0 radical (unpaired) electrons. The van der Waals surface area contributed by atoms with Crippen molar-refractivity contribution in [1.82, 2.24) is 0 Å². The van der Waals surface area contributed by atoms with Crippen LogP contribution in [-0.4, -0.2) is 15.4 Å². The SMILES string of the molecule is Cc1c(I)c(C)c([B-](F)(F)F)c(C)c1CS(=O)(=O)Cl. The summed E-state index contributed by atoms with van der Waals surface area (Å²) in [7, 11) is 1.26. The zero-order valence-corrected chi connectivity index (χ0v) is 14.1. The molecule has 2 nitrogen and oxygen atoms in total. The molecule has 0 atom stereocenters. The minimum absolute atomic E-state index is 0.0489. The van der Waals surface area contributed by atoms with Gasteiger partial charge in [-0.3, -0.25) is 0 Å². The van der Waals surface area contributed by atoms with E-state index in [1.807, 2.05) is 0 Å². The van der Waals surface area contributed by atoms with Crippen molar-refractivity contribution in [2.24, 2.45) is 0 Å². The highest BCUT2D eigenvalue weighted by atomic mass is 127. The molecule has 0 unspecified atom stereocenters. The molecule has 0 amide bonds. The summed E-state index contributed by atoms with van der Waals surface area (Å²) in [4.78, 5) is 0. The number of halogens is 5. The highest BCUT2D eigenvalue weighted by Crippen LogP contribution is 2.28. The van der Waals surface area contributed by atoms with Gasteiger partial charge in [-0.05, 0) is 54.5 Å². The van der Waals surface area contributed by atoms with Gasteiger partial charge < -0.3 is 12.9 Å². The molecule has 0 heterocycles. The van der Waals surface area contributed by atoms with Gasteiger partial charge in [0.05, 0.1) is 5.75 Å². The van der Waals surface area contributed by atoms with Gasteiger partial charge in [-0.2, -0.15) is 0 Å². The van der Waals surface area contributed by atoms with Crippen LogP contribution >= 0.6 is 33.3 Å². The molecular weight excluding hydrogens is 414 g/mol. The van der Waals surface area contributed by atoms with Gasteiger partial charge >= 0.3 is 6.98 Å². The van der Waals surface area contributed by atoms with Crippen LogP contribution < -0.4 is 5.46 Å². The number of rotatable bonds is 3. The maximum absolute atomic E-state index is 13.1. The van der Waals surface area contributed by atoms with Crippen molar-refractivity contribution in [3.8, 4) is 0 Å². The summed E-state index contributed by atoms with van der Waals surface area (Å²) in [5, 5.41) is 0. The second kappa shape index (κ2) is 5.44. The molecule has 1 aromatic carbocycles. The molecule has 1 rings (SSSR count). The number of hydrogen-bond acceptors (Lipinski definition) is 2. The van der Waals surface area contributed by atoms with E-state index in [2.05, 4.69) is 0 Å². The van der Waals surface area contributed by atoms with E-state index in [0.29, 0.717) is 9.13 Å². The van der Waals surface area contributed by atoms with E-state index in [9.17, 15) is 21.4 Å². The largest absolute Gasteiger partial charge is 0.510 e. The van der Waals surface area contributed by atoms with Gasteiger partial charge in [-0.15, -0.1) is 5.46 Å². The Labute approximate surface area is 128 Å². The Morgan fingerprint density at radius 2 is 1.58 bits per heavy atom. The van der Waals surface area contributed by atoms with Gasteiger partial charge in [0.15, 0.2) is 0 Å². The lowest BCUT2D eigenvalue weighted by atomic mass is 9.72. The van der Waals surface area contributed by atoms with Crippen molar-refractivity contribution in [2.75, 3.05) is 0 Å². The van der Waals surface area contributed by atoms with E-state index in [1.54, 1.807) is 29.5 Å². The van der Waals surface area contributed by atoms with Crippen LogP contribution in [0.15, 0.2) is 0 Å². The van der Waals surface area contributed by atoms with Crippen molar-refractivity contribution < 1.29 is 21.4 Å². The highest BCUT2D eigenvalue weighted by Gasteiger charge is 2.32. The van der Waals surface area contributed by atoms with Gasteiger partial charge in [0.1, 0.15) is 0 Å². The molecular formula is C10H11BClF3IO2S-. The first-order valence-corrected chi connectivity index (χ1v) is 8.82. The molecule has 0 aliphatic carbocycles. The second-order valence-electron chi connectivity index (χ2n) is 4.34. The number of hydrogen-bond donors (Lipinski definition) is 0. The Hall–Kier alpha value is 0.0449. The lowest BCUT2D eigenvalue weighted by Gasteiger charge is -2.26. The Morgan fingerprint density at radius 1 is 1.11 bits per heavy atom. The minimum Gasteiger partial charge on any atom is -0.445 e. The lowest BCUT2D eigenvalue weighted by molar-refractivity contribution is 0.500. The Bertz CT molecular complexity index is 629. The zero-order chi connectivity index (χ0) is 15.2. The molecule has 0 aromatic heterocycles. The van der Waals surface area contributed by atoms with Crippen molar-refractivity contribution >= 4 is 54.8 Å². The molecule has 0 saturated heterocycles. The predicted molar refractivity (Wildman–Crippen MR) is 80.6 cm³/mol. The lowest BCUT2D eigenvalue weighted by Crippen LogP contribution is -2.40. The quantitative estimate of drug-likeness (QED) is 0.423. The summed E-state index contributed by atoms with van der Waals surface area (Å²) >= 11 is 1.80. The van der Waals surface area contributed by atoms with E-state index < -0.39 is 27.2 Å². The fourth-order valence-electron chi connectivity index (χ4n) is 2.14. The third-order valence-corrected chi connectivity index (χ3v) is 5.59. The van der Waals surface area contributed by atoms with Crippen molar-refractivity contribution in [3.63, 3.8) is 0 Å². The minimum atomic E-state index is -5.20. The monoisotopic (exact) mass is 425 g/mol. The Morgan fingerprint density at radius 3 is 1.95 bits per heavy atom. The van der Waals surface area contributed by atoms with Crippen molar-refractivity contribution in [1.29, 1.82) is 0 Å². The van der Waals surface area contributed by atoms with Crippen LogP contribution in [0.3, 0.4) is 0 Å². The van der Waals surface area contributed by atoms with E-state index in [-0.39, 0.29) is 16.7 Å². The van der Waals surface area contributed by atoms with Gasteiger partial charge in [0, 0.05) is 14.3 Å². The smallest absolute Gasteiger partial charge is 0.445 e. The molecule has 0 spiro atoms. The van der Waals surface area contributed by atoms with Gasteiger partial charge in [-0.1, -0.05) is 11.1 Å². The fourth-order valence-corrected chi connectivity index (χ4v) is 3.86. The first-order chi connectivity index (χ1) is 8.36. The van der Waals surface area contributed by atoms with Gasteiger partial charge in [0.2, 0.25) is 9.05 Å². The summed E-state index contributed by atoms with van der Waals surface area (Å²) in [6, 6.07) is 0. The van der Waals surface area contributed by atoms with Crippen LogP contribution in [0.1, 0.15) is 22.3 Å². The van der Waals surface area contributed by atoms with E-state index in [4.69, 9.17) is 10.7 Å². The van der Waals surface area contributed by atoms with Crippen LogP contribution in [0.2, 0.25) is 0 Å². The predicted octanol–water partition coefficient (Wildman–Crippen LogP) is 3.34. The molecule has 0 N–H and O–H groups in total. The third-order valence-electron chi connectivity index (χ3n) is 3.02.